The third kappa shape index (κ3) is 5.95. The molecule has 1 aromatic heterocycles. The number of carbonyl (C=O) groups excluding carboxylic acids is 3. The van der Waals surface area contributed by atoms with Gasteiger partial charge in [-0.1, -0.05) is 17.7 Å². The molecule has 1 heterocycles. The minimum Gasteiger partial charge on any atom is -0.452 e. The van der Waals surface area contributed by atoms with Crippen LogP contribution in [0.5, 0.6) is 0 Å². The zero-order valence-corrected chi connectivity index (χ0v) is 13.5. The minimum absolute atomic E-state index is 0.215. The average Bonchev–Trinajstić information content (AvgIpc) is 2.74. The van der Waals surface area contributed by atoms with Gasteiger partial charge in [0.15, 0.2) is 6.61 Å². The van der Waals surface area contributed by atoms with Crippen LogP contribution in [0.3, 0.4) is 0 Å². The van der Waals surface area contributed by atoms with Crippen LogP contribution in [0.4, 0.5) is 4.79 Å². The highest BCUT2D eigenvalue weighted by atomic mass is 35.5. The summed E-state index contributed by atoms with van der Waals surface area (Å²) < 4.78 is 6.18. The Labute approximate surface area is 138 Å². The molecule has 3 amide bonds. The second-order valence-corrected chi connectivity index (χ2v) is 4.76. The van der Waals surface area contributed by atoms with Gasteiger partial charge in [0.05, 0.1) is 5.69 Å². The van der Waals surface area contributed by atoms with Gasteiger partial charge in [0.1, 0.15) is 5.15 Å². The fraction of sp³-hybridized carbons (Fsp3) is 0.286. The summed E-state index contributed by atoms with van der Waals surface area (Å²) in [6.45, 7) is 4.79. The van der Waals surface area contributed by atoms with E-state index in [-0.39, 0.29) is 6.54 Å². The van der Waals surface area contributed by atoms with Crippen LogP contribution < -0.4 is 10.6 Å². The van der Waals surface area contributed by atoms with E-state index in [9.17, 15) is 14.4 Å². The Bertz CT molecular complexity index is 651. The van der Waals surface area contributed by atoms with Crippen molar-refractivity contribution >= 4 is 35.6 Å². The number of aryl methyl sites for hydroxylation is 2. The fourth-order valence-electron chi connectivity index (χ4n) is 1.54. The molecule has 0 aliphatic rings. The molecule has 1 rings (SSSR count). The first-order valence-corrected chi connectivity index (χ1v) is 6.95. The van der Waals surface area contributed by atoms with E-state index >= 15 is 0 Å². The van der Waals surface area contributed by atoms with Crippen LogP contribution >= 0.6 is 11.6 Å². The molecule has 0 spiro atoms. The summed E-state index contributed by atoms with van der Waals surface area (Å²) in [7, 11) is 1.67. The van der Waals surface area contributed by atoms with Crippen LogP contribution in [0.25, 0.3) is 6.08 Å². The van der Waals surface area contributed by atoms with Gasteiger partial charge in [-0.25, -0.2) is 9.59 Å². The van der Waals surface area contributed by atoms with Crippen molar-refractivity contribution in [3.05, 3.63) is 35.1 Å². The molecule has 0 radical (unpaired) electrons. The molecule has 8 nitrogen and oxygen atoms in total. The van der Waals surface area contributed by atoms with Gasteiger partial charge >= 0.3 is 12.0 Å². The number of nitrogens with one attached hydrogen (secondary N) is 2. The molecule has 0 aliphatic carbocycles. The van der Waals surface area contributed by atoms with E-state index in [1.807, 2.05) is 5.32 Å². The number of hydrogen-bond acceptors (Lipinski definition) is 5. The van der Waals surface area contributed by atoms with Gasteiger partial charge in [-0.05, 0) is 13.0 Å². The molecular weight excluding hydrogens is 324 g/mol. The first-order valence-electron chi connectivity index (χ1n) is 6.57. The third-order valence-corrected chi connectivity index (χ3v) is 3.04. The summed E-state index contributed by atoms with van der Waals surface area (Å²) in [5.74, 6) is -1.49. The van der Waals surface area contributed by atoms with Crippen molar-refractivity contribution in [2.75, 3.05) is 13.2 Å². The number of halogens is 1. The summed E-state index contributed by atoms with van der Waals surface area (Å²) in [6.07, 6.45) is 4.03. The topological polar surface area (TPSA) is 102 Å². The zero-order valence-electron chi connectivity index (χ0n) is 12.8. The van der Waals surface area contributed by atoms with Gasteiger partial charge in [-0.2, -0.15) is 5.10 Å². The number of amides is 3. The number of rotatable bonds is 6. The smallest absolute Gasteiger partial charge is 0.331 e. The van der Waals surface area contributed by atoms with Gasteiger partial charge in [0, 0.05) is 25.2 Å². The molecule has 0 aliphatic heterocycles. The lowest BCUT2D eigenvalue weighted by Crippen LogP contribution is -2.41. The van der Waals surface area contributed by atoms with E-state index in [4.69, 9.17) is 16.3 Å². The van der Waals surface area contributed by atoms with Crippen LogP contribution in [0.15, 0.2) is 18.7 Å². The van der Waals surface area contributed by atoms with E-state index in [0.29, 0.717) is 16.4 Å². The van der Waals surface area contributed by atoms with E-state index in [1.165, 1.54) is 16.8 Å². The lowest BCUT2D eigenvalue weighted by molar-refractivity contribution is -0.143. The van der Waals surface area contributed by atoms with Crippen molar-refractivity contribution < 1.29 is 19.1 Å². The third-order valence-electron chi connectivity index (χ3n) is 2.59. The van der Waals surface area contributed by atoms with E-state index in [2.05, 4.69) is 17.0 Å². The van der Waals surface area contributed by atoms with Crippen molar-refractivity contribution in [2.24, 2.45) is 7.05 Å². The standard InChI is InChI=1S/C14H17ClN4O4/c1-4-7-16-14(22)17-11(20)8-23-12(21)6-5-10-9(2)18-19(3)13(10)15/h4-6H,1,7-8H2,2-3H3,(H2,16,17,20,22)/b6-5+. The number of carbonyl (C=O) groups is 3. The second-order valence-electron chi connectivity index (χ2n) is 4.40. The minimum atomic E-state index is -0.746. The number of ether oxygens (including phenoxy) is 1. The predicted octanol–water partition coefficient (Wildman–Crippen LogP) is 0.950. The number of nitrogens with zero attached hydrogens (tertiary/aromatic N) is 2. The molecular formula is C14H17ClN4O4. The summed E-state index contributed by atoms with van der Waals surface area (Å²) in [5, 5.41) is 8.80. The first kappa shape index (κ1) is 18.4. The molecule has 0 bridgehead atoms. The molecule has 124 valence electrons. The maximum absolute atomic E-state index is 11.5. The molecule has 9 heteroatoms. The Balaban J connectivity index is 2.45. The summed E-state index contributed by atoms with van der Waals surface area (Å²) in [5.41, 5.74) is 1.23. The predicted molar refractivity (Wildman–Crippen MR) is 84.7 cm³/mol. The van der Waals surface area contributed by atoms with Crippen LogP contribution in [-0.4, -0.2) is 40.8 Å². The molecule has 1 aromatic rings. The van der Waals surface area contributed by atoms with Gasteiger partial charge in [-0.15, -0.1) is 6.58 Å². The monoisotopic (exact) mass is 340 g/mol. The van der Waals surface area contributed by atoms with Gasteiger partial charge in [0.25, 0.3) is 5.91 Å². The number of urea groups is 1. The molecule has 0 fully saturated rings. The summed E-state index contributed by atoms with van der Waals surface area (Å²) >= 11 is 6.01. The Morgan fingerprint density at radius 3 is 2.70 bits per heavy atom. The molecule has 0 aromatic carbocycles. The number of esters is 1. The van der Waals surface area contributed by atoms with Crippen LogP contribution in [0, 0.1) is 6.92 Å². The number of imide groups is 1. The quantitative estimate of drug-likeness (QED) is 0.456. The van der Waals surface area contributed by atoms with Crippen LogP contribution in [0.1, 0.15) is 11.3 Å². The summed E-state index contributed by atoms with van der Waals surface area (Å²) in [4.78, 5) is 34.1. The Morgan fingerprint density at radius 1 is 1.43 bits per heavy atom. The van der Waals surface area contributed by atoms with Gasteiger partial charge < -0.3 is 10.1 Å². The van der Waals surface area contributed by atoms with Crippen molar-refractivity contribution in [2.45, 2.75) is 6.92 Å². The van der Waals surface area contributed by atoms with E-state index < -0.39 is 24.5 Å². The Morgan fingerprint density at radius 2 is 2.13 bits per heavy atom. The van der Waals surface area contributed by atoms with Crippen LogP contribution in [0.2, 0.25) is 5.15 Å². The highest BCUT2D eigenvalue weighted by molar-refractivity contribution is 6.31. The molecule has 0 atom stereocenters. The summed E-state index contributed by atoms with van der Waals surface area (Å²) in [6, 6.07) is -0.695. The van der Waals surface area contributed by atoms with Crippen molar-refractivity contribution in [3.63, 3.8) is 0 Å². The van der Waals surface area contributed by atoms with Crippen molar-refractivity contribution in [3.8, 4) is 0 Å². The highest BCUT2D eigenvalue weighted by Gasteiger charge is 2.11. The lowest BCUT2D eigenvalue weighted by atomic mass is 10.2. The molecule has 0 unspecified atom stereocenters. The molecule has 2 N–H and O–H groups in total. The Kier molecular flexibility index (Phi) is 7.01. The number of hydrogen-bond donors (Lipinski definition) is 2. The first-order chi connectivity index (χ1) is 10.8. The van der Waals surface area contributed by atoms with E-state index in [1.54, 1.807) is 14.0 Å². The highest BCUT2D eigenvalue weighted by Crippen LogP contribution is 2.19. The van der Waals surface area contributed by atoms with Crippen molar-refractivity contribution in [1.82, 2.24) is 20.4 Å². The molecule has 0 saturated carbocycles. The lowest BCUT2D eigenvalue weighted by Gasteiger charge is -2.04. The fourth-order valence-corrected chi connectivity index (χ4v) is 1.78. The van der Waals surface area contributed by atoms with E-state index in [0.717, 1.165) is 6.08 Å². The average molecular weight is 341 g/mol. The van der Waals surface area contributed by atoms with Crippen LogP contribution in [-0.2, 0) is 21.4 Å². The number of aromatic nitrogens is 2. The van der Waals surface area contributed by atoms with Crippen molar-refractivity contribution in [1.29, 1.82) is 0 Å². The normalized spacial score (nSPS) is 10.4. The maximum atomic E-state index is 11.5. The maximum Gasteiger partial charge on any atom is 0.331 e. The van der Waals surface area contributed by atoms with Gasteiger partial charge in [0.2, 0.25) is 0 Å². The Hall–Kier alpha value is -2.61. The molecule has 0 saturated heterocycles. The largest absolute Gasteiger partial charge is 0.452 e. The molecule has 23 heavy (non-hydrogen) atoms. The SMILES string of the molecule is C=CCNC(=O)NC(=O)COC(=O)/C=C/c1c(C)nn(C)c1Cl. The second kappa shape index (κ2) is 8.74. The van der Waals surface area contributed by atoms with Gasteiger partial charge in [-0.3, -0.25) is 14.8 Å². The zero-order chi connectivity index (χ0) is 17.4.